The predicted octanol–water partition coefficient (Wildman–Crippen LogP) is 3.20. The Morgan fingerprint density at radius 3 is 2.62 bits per heavy atom. The zero-order chi connectivity index (χ0) is 15.4. The molecule has 2 rings (SSSR count). The Morgan fingerprint density at radius 2 is 2.00 bits per heavy atom. The lowest BCUT2D eigenvalue weighted by molar-refractivity contribution is -0.0498. The van der Waals surface area contributed by atoms with Crippen LogP contribution in [0.3, 0.4) is 0 Å². The van der Waals surface area contributed by atoms with E-state index in [4.69, 9.17) is 11.6 Å². The van der Waals surface area contributed by atoms with Crippen LogP contribution in [0.2, 0.25) is 5.02 Å². The maximum Gasteiger partial charge on any atom is 0.387 e. The second-order valence-electron chi connectivity index (χ2n) is 4.24. The largest absolute Gasteiger partial charge is 0.435 e. The van der Waals surface area contributed by atoms with Gasteiger partial charge in [0.1, 0.15) is 10.8 Å². The fourth-order valence-electron chi connectivity index (χ4n) is 1.74. The third-order valence-corrected chi connectivity index (χ3v) is 3.15. The number of aromatic amines is 1. The van der Waals surface area contributed by atoms with Gasteiger partial charge < -0.3 is 10.1 Å². The quantitative estimate of drug-likeness (QED) is 0.889. The number of nitrogens with one attached hydrogen (secondary N) is 2. The zero-order valence-electron chi connectivity index (χ0n) is 10.9. The lowest BCUT2D eigenvalue weighted by Crippen LogP contribution is -2.14. The summed E-state index contributed by atoms with van der Waals surface area (Å²) in [6, 6.07) is 5.97. The Bertz CT molecular complexity index is 661. The van der Waals surface area contributed by atoms with Gasteiger partial charge in [-0.25, -0.2) is 5.10 Å². The lowest BCUT2D eigenvalue weighted by atomic mass is 10.1. The van der Waals surface area contributed by atoms with E-state index >= 15 is 0 Å². The van der Waals surface area contributed by atoms with E-state index < -0.39 is 12.2 Å². The minimum Gasteiger partial charge on any atom is -0.435 e. The van der Waals surface area contributed by atoms with Crippen LogP contribution in [0.25, 0.3) is 0 Å². The summed E-state index contributed by atoms with van der Waals surface area (Å²) in [7, 11) is 0. The Morgan fingerprint density at radius 1 is 1.33 bits per heavy atom. The van der Waals surface area contributed by atoms with Crippen LogP contribution < -0.4 is 15.6 Å². The minimum atomic E-state index is -2.85. The van der Waals surface area contributed by atoms with E-state index in [0.29, 0.717) is 5.69 Å². The fourth-order valence-corrected chi connectivity index (χ4v) is 1.88. The van der Waals surface area contributed by atoms with Crippen LogP contribution in [0.5, 0.6) is 5.75 Å². The molecule has 1 aromatic carbocycles. The molecule has 0 aliphatic heterocycles. The van der Waals surface area contributed by atoms with Crippen molar-refractivity contribution in [3.05, 3.63) is 51.4 Å². The van der Waals surface area contributed by atoms with Crippen LogP contribution in [0.15, 0.2) is 35.3 Å². The molecule has 2 aromatic rings. The fraction of sp³-hybridized carbons (Fsp3) is 0.231. The van der Waals surface area contributed by atoms with Gasteiger partial charge in [0.2, 0.25) is 0 Å². The molecule has 1 unspecified atom stereocenters. The third kappa shape index (κ3) is 3.91. The zero-order valence-corrected chi connectivity index (χ0v) is 11.7. The molecule has 0 aliphatic carbocycles. The van der Waals surface area contributed by atoms with Crippen molar-refractivity contribution in [3.63, 3.8) is 0 Å². The number of ether oxygens (including phenoxy) is 1. The van der Waals surface area contributed by atoms with Crippen LogP contribution in [-0.4, -0.2) is 16.8 Å². The second-order valence-corrected chi connectivity index (χ2v) is 4.62. The first kappa shape index (κ1) is 15.2. The van der Waals surface area contributed by atoms with Gasteiger partial charge in [-0.15, -0.1) is 0 Å². The molecular weight excluding hydrogens is 304 g/mol. The maximum absolute atomic E-state index is 12.1. The number of rotatable bonds is 5. The van der Waals surface area contributed by atoms with Gasteiger partial charge in [0.15, 0.2) is 0 Å². The number of nitrogens with zero attached hydrogens (tertiary/aromatic N) is 1. The van der Waals surface area contributed by atoms with E-state index in [2.05, 4.69) is 20.3 Å². The predicted molar refractivity (Wildman–Crippen MR) is 75.0 cm³/mol. The van der Waals surface area contributed by atoms with Crippen molar-refractivity contribution in [1.29, 1.82) is 0 Å². The third-order valence-electron chi connectivity index (χ3n) is 2.77. The molecule has 0 radical (unpaired) electrons. The summed E-state index contributed by atoms with van der Waals surface area (Å²) in [6.45, 7) is -1.02. The van der Waals surface area contributed by atoms with Gasteiger partial charge in [0.05, 0.1) is 11.9 Å². The Hall–Kier alpha value is -2.15. The van der Waals surface area contributed by atoms with Crippen LogP contribution in [0.4, 0.5) is 14.5 Å². The number of anilines is 1. The van der Waals surface area contributed by atoms with E-state index in [1.807, 2.05) is 6.92 Å². The van der Waals surface area contributed by atoms with E-state index in [9.17, 15) is 13.6 Å². The number of hydrogen-bond donors (Lipinski definition) is 2. The number of alkyl halides is 2. The van der Waals surface area contributed by atoms with Crippen molar-refractivity contribution in [3.8, 4) is 5.75 Å². The van der Waals surface area contributed by atoms with Crippen molar-refractivity contribution >= 4 is 17.3 Å². The SMILES string of the molecule is CC(Nc1cn[nH]c(=O)c1Cl)c1ccc(OC(F)F)cc1. The lowest BCUT2D eigenvalue weighted by Gasteiger charge is -2.16. The van der Waals surface area contributed by atoms with E-state index in [0.717, 1.165) is 5.56 Å². The molecular formula is C13H12ClF2N3O2. The summed E-state index contributed by atoms with van der Waals surface area (Å²) in [6.07, 6.45) is 1.40. The Balaban J connectivity index is 2.11. The van der Waals surface area contributed by atoms with Gasteiger partial charge in [-0.1, -0.05) is 23.7 Å². The summed E-state index contributed by atoms with van der Waals surface area (Å²) in [5, 5.41) is 8.90. The Kier molecular flexibility index (Phi) is 4.74. The van der Waals surface area contributed by atoms with E-state index in [1.54, 1.807) is 12.1 Å². The van der Waals surface area contributed by atoms with Gasteiger partial charge in [0.25, 0.3) is 5.56 Å². The van der Waals surface area contributed by atoms with Crippen molar-refractivity contribution in [2.75, 3.05) is 5.32 Å². The van der Waals surface area contributed by atoms with Gasteiger partial charge >= 0.3 is 6.61 Å². The van der Waals surface area contributed by atoms with Crippen LogP contribution in [0.1, 0.15) is 18.5 Å². The van der Waals surface area contributed by atoms with E-state index in [-0.39, 0.29) is 16.8 Å². The molecule has 0 saturated heterocycles. The first-order valence-corrected chi connectivity index (χ1v) is 6.39. The number of H-pyrrole nitrogens is 1. The van der Waals surface area contributed by atoms with Crippen molar-refractivity contribution in [1.82, 2.24) is 10.2 Å². The summed E-state index contributed by atoms with van der Waals surface area (Å²) in [4.78, 5) is 11.3. The van der Waals surface area contributed by atoms with Crippen LogP contribution in [0, 0.1) is 0 Å². The number of hydrogen-bond acceptors (Lipinski definition) is 4. The molecule has 0 spiro atoms. The summed E-state index contributed by atoms with van der Waals surface area (Å²) in [5.74, 6) is 0.0804. The molecule has 1 heterocycles. The van der Waals surface area contributed by atoms with Crippen LogP contribution in [-0.2, 0) is 0 Å². The van der Waals surface area contributed by atoms with E-state index in [1.165, 1.54) is 18.3 Å². The first-order valence-electron chi connectivity index (χ1n) is 6.02. The topological polar surface area (TPSA) is 67.0 Å². The molecule has 0 fully saturated rings. The van der Waals surface area contributed by atoms with Crippen molar-refractivity contribution in [2.24, 2.45) is 0 Å². The molecule has 0 amide bonds. The molecule has 21 heavy (non-hydrogen) atoms. The highest BCUT2D eigenvalue weighted by molar-refractivity contribution is 6.32. The molecule has 0 bridgehead atoms. The number of benzene rings is 1. The van der Waals surface area contributed by atoms with Gasteiger partial charge in [-0.05, 0) is 24.6 Å². The minimum absolute atomic E-state index is 0.00880. The molecule has 112 valence electrons. The average Bonchev–Trinajstić information content (AvgIpc) is 2.44. The van der Waals surface area contributed by atoms with Gasteiger partial charge in [-0.3, -0.25) is 4.79 Å². The highest BCUT2D eigenvalue weighted by atomic mass is 35.5. The van der Waals surface area contributed by atoms with Gasteiger partial charge in [-0.2, -0.15) is 13.9 Å². The smallest absolute Gasteiger partial charge is 0.387 e. The summed E-state index contributed by atoms with van der Waals surface area (Å²) < 4.78 is 28.4. The summed E-state index contributed by atoms with van der Waals surface area (Å²) in [5.41, 5.74) is 0.711. The highest BCUT2D eigenvalue weighted by Gasteiger charge is 2.11. The standard InChI is InChI=1S/C13H12ClF2N3O2/c1-7(18-10-6-17-19-12(20)11(10)14)8-2-4-9(5-3-8)21-13(15)16/h2-7,13H,1H3,(H2,18,19,20). The summed E-state index contributed by atoms with van der Waals surface area (Å²) >= 11 is 5.86. The normalized spacial score (nSPS) is 12.2. The molecule has 0 aliphatic rings. The Labute approximate surface area is 123 Å². The highest BCUT2D eigenvalue weighted by Crippen LogP contribution is 2.24. The monoisotopic (exact) mass is 315 g/mol. The molecule has 2 N–H and O–H groups in total. The number of aromatic nitrogens is 2. The molecule has 0 saturated carbocycles. The van der Waals surface area contributed by atoms with Crippen LogP contribution >= 0.6 is 11.6 Å². The maximum atomic E-state index is 12.1. The molecule has 1 aromatic heterocycles. The molecule has 1 atom stereocenters. The van der Waals surface area contributed by atoms with Crippen molar-refractivity contribution < 1.29 is 13.5 Å². The number of halogens is 3. The second kappa shape index (κ2) is 6.53. The van der Waals surface area contributed by atoms with Gasteiger partial charge in [0, 0.05) is 6.04 Å². The first-order chi connectivity index (χ1) is 9.97. The molecule has 8 heteroatoms. The average molecular weight is 316 g/mol. The van der Waals surface area contributed by atoms with Crippen molar-refractivity contribution in [2.45, 2.75) is 19.6 Å². The molecule has 5 nitrogen and oxygen atoms in total.